The summed E-state index contributed by atoms with van der Waals surface area (Å²) >= 11 is 0. The van der Waals surface area contributed by atoms with Crippen LogP contribution in [0.2, 0.25) is 0 Å². The molecule has 5 heteroatoms. The van der Waals surface area contributed by atoms with Gasteiger partial charge >= 0.3 is 0 Å². The highest BCUT2D eigenvalue weighted by molar-refractivity contribution is 5.81. The van der Waals surface area contributed by atoms with Gasteiger partial charge in [-0.05, 0) is 31.5 Å². The Morgan fingerprint density at radius 1 is 1.50 bits per heavy atom. The van der Waals surface area contributed by atoms with Crippen molar-refractivity contribution in [2.75, 3.05) is 6.54 Å². The largest absolute Gasteiger partial charge is 0.508 e. The lowest BCUT2D eigenvalue weighted by Crippen LogP contribution is -2.42. The second-order valence-electron chi connectivity index (χ2n) is 4.17. The zero-order chi connectivity index (χ0) is 13.5. The number of halogens is 1. The van der Waals surface area contributed by atoms with Gasteiger partial charge in [-0.25, -0.2) is 4.39 Å². The van der Waals surface area contributed by atoms with Crippen LogP contribution in [0.3, 0.4) is 0 Å². The highest BCUT2D eigenvalue weighted by atomic mass is 19.1. The molecule has 1 aromatic rings. The fourth-order valence-electron chi connectivity index (χ4n) is 1.45. The van der Waals surface area contributed by atoms with Gasteiger partial charge in [0.2, 0.25) is 5.91 Å². The number of carbonyl (C=O) groups is 1. The number of benzene rings is 1. The quantitative estimate of drug-likeness (QED) is 0.721. The number of rotatable bonds is 6. The number of amides is 1. The number of hydrogen-bond donors (Lipinski definition) is 3. The number of carbonyl (C=O) groups excluding carboxylic acids is 1. The van der Waals surface area contributed by atoms with Crippen LogP contribution in [0.15, 0.2) is 18.2 Å². The number of hydrogen-bond acceptors (Lipinski definition) is 3. The monoisotopic (exact) mass is 254 g/mol. The summed E-state index contributed by atoms with van der Waals surface area (Å²) in [5, 5.41) is 15.2. The Bertz CT molecular complexity index is 410. The van der Waals surface area contributed by atoms with Crippen LogP contribution in [0.4, 0.5) is 4.39 Å². The first-order chi connectivity index (χ1) is 8.54. The third-order valence-electron chi connectivity index (χ3n) is 2.58. The van der Waals surface area contributed by atoms with Crippen molar-refractivity contribution in [2.45, 2.75) is 32.9 Å². The molecule has 0 spiro atoms. The second-order valence-corrected chi connectivity index (χ2v) is 4.17. The van der Waals surface area contributed by atoms with E-state index in [0.29, 0.717) is 12.1 Å². The van der Waals surface area contributed by atoms with E-state index in [0.717, 1.165) is 6.42 Å². The summed E-state index contributed by atoms with van der Waals surface area (Å²) in [6.45, 7) is 4.57. The van der Waals surface area contributed by atoms with Crippen molar-refractivity contribution in [2.24, 2.45) is 0 Å². The summed E-state index contributed by atoms with van der Waals surface area (Å²) in [6.07, 6.45) is 0.878. The third kappa shape index (κ3) is 4.33. The van der Waals surface area contributed by atoms with E-state index in [4.69, 9.17) is 0 Å². The minimum absolute atomic E-state index is 0.0186. The Morgan fingerprint density at radius 2 is 2.22 bits per heavy atom. The maximum Gasteiger partial charge on any atom is 0.236 e. The molecular formula is C13H19FN2O2. The van der Waals surface area contributed by atoms with Crippen LogP contribution in [0.25, 0.3) is 0 Å². The Hall–Kier alpha value is -1.62. The van der Waals surface area contributed by atoms with E-state index in [2.05, 4.69) is 10.6 Å². The highest BCUT2D eigenvalue weighted by Gasteiger charge is 2.12. The number of nitrogens with one attached hydrogen (secondary N) is 2. The van der Waals surface area contributed by atoms with Crippen LogP contribution in [-0.2, 0) is 11.3 Å². The zero-order valence-corrected chi connectivity index (χ0v) is 10.7. The van der Waals surface area contributed by atoms with Gasteiger partial charge in [-0.3, -0.25) is 4.79 Å². The molecule has 0 saturated heterocycles. The lowest BCUT2D eigenvalue weighted by Gasteiger charge is -2.14. The van der Waals surface area contributed by atoms with Gasteiger partial charge in [-0.15, -0.1) is 0 Å². The van der Waals surface area contributed by atoms with Crippen molar-refractivity contribution >= 4 is 5.91 Å². The van der Waals surface area contributed by atoms with Gasteiger partial charge in [0.05, 0.1) is 6.04 Å². The predicted octanol–water partition coefficient (Wildman–Crippen LogP) is 1.54. The maximum atomic E-state index is 13.0. The summed E-state index contributed by atoms with van der Waals surface area (Å²) in [5.74, 6) is -0.495. The Morgan fingerprint density at radius 3 is 2.89 bits per heavy atom. The molecule has 4 nitrogen and oxygen atoms in total. The molecule has 1 rings (SSSR count). The molecule has 0 saturated carbocycles. The molecule has 0 fully saturated rings. The number of phenols is 1. The van der Waals surface area contributed by atoms with Crippen molar-refractivity contribution < 1.29 is 14.3 Å². The van der Waals surface area contributed by atoms with Gasteiger partial charge in [0, 0.05) is 18.7 Å². The fourth-order valence-corrected chi connectivity index (χ4v) is 1.45. The number of aromatic hydroxyl groups is 1. The molecule has 1 unspecified atom stereocenters. The summed E-state index contributed by atoms with van der Waals surface area (Å²) in [6, 6.07) is 3.35. The van der Waals surface area contributed by atoms with E-state index < -0.39 is 5.82 Å². The van der Waals surface area contributed by atoms with Crippen molar-refractivity contribution in [3.63, 3.8) is 0 Å². The lowest BCUT2D eigenvalue weighted by atomic mass is 10.2. The molecule has 1 amide bonds. The second kappa shape index (κ2) is 6.96. The fraction of sp³-hybridized carbons (Fsp3) is 0.462. The smallest absolute Gasteiger partial charge is 0.236 e. The lowest BCUT2D eigenvalue weighted by molar-refractivity contribution is -0.122. The van der Waals surface area contributed by atoms with Gasteiger partial charge < -0.3 is 15.7 Å². The normalized spacial score (nSPS) is 12.2. The molecule has 0 aliphatic heterocycles. The summed E-state index contributed by atoms with van der Waals surface area (Å²) in [7, 11) is 0. The van der Waals surface area contributed by atoms with Gasteiger partial charge in [0.1, 0.15) is 11.6 Å². The van der Waals surface area contributed by atoms with E-state index in [1.54, 1.807) is 6.92 Å². The first-order valence-electron chi connectivity index (χ1n) is 6.03. The topological polar surface area (TPSA) is 61.4 Å². The first-order valence-corrected chi connectivity index (χ1v) is 6.03. The van der Waals surface area contributed by atoms with Crippen molar-refractivity contribution in [3.05, 3.63) is 29.6 Å². The van der Waals surface area contributed by atoms with E-state index in [-0.39, 0.29) is 24.2 Å². The Labute approximate surface area is 106 Å². The van der Waals surface area contributed by atoms with E-state index in [9.17, 15) is 14.3 Å². The van der Waals surface area contributed by atoms with Gasteiger partial charge in [-0.2, -0.15) is 0 Å². The van der Waals surface area contributed by atoms with Crippen LogP contribution in [-0.4, -0.2) is 23.6 Å². The molecule has 0 radical (unpaired) electrons. The van der Waals surface area contributed by atoms with Crippen molar-refractivity contribution in [1.29, 1.82) is 0 Å². The molecule has 1 aromatic carbocycles. The molecule has 0 aromatic heterocycles. The molecule has 3 N–H and O–H groups in total. The molecule has 0 aliphatic rings. The molecule has 18 heavy (non-hydrogen) atoms. The van der Waals surface area contributed by atoms with E-state index in [1.165, 1.54) is 18.2 Å². The standard InChI is InChI=1S/C13H19FN2O2/c1-3-6-15-13(18)9(2)16-8-10-7-11(14)4-5-12(10)17/h4-5,7,9,16-17H,3,6,8H2,1-2H3,(H,15,18). The first kappa shape index (κ1) is 14.4. The maximum absolute atomic E-state index is 13.0. The average molecular weight is 254 g/mol. The molecule has 1 atom stereocenters. The van der Waals surface area contributed by atoms with Crippen LogP contribution < -0.4 is 10.6 Å². The summed E-state index contributed by atoms with van der Waals surface area (Å²) < 4.78 is 13.0. The minimum Gasteiger partial charge on any atom is -0.508 e. The summed E-state index contributed by atoms with van der Waals surface area (Å²) in [4.78, 5) is 11.6. The van der Waals surface area contributed by atoms with Crippen LogP contribution in [0.5, 0.6) is 5.75 Å². The SMILES string of the molecule is CCCNC(=O)C(C)NCc1cc(F)ccc1O. The molecule has 0 heterocycles. The Balaban J connectivity index is 2.49. The van der Waals surface area contributed by atoms with Gasteiger partial charge in [0.25, 0.3) is 0 Å². The predicted molar refractivity (Wildman–Crippen MR) is 67.7 cm³/mol. The van der Waals surface area contributed by atoms with Gasteiger partial charge in [-0.1, -0.05) is 6.92 Å². The zero-order valence-electron chi connectivity index (χ0n) is 10.7. The van der Waals surface area contributed by atoms with E-state index >= 15 is 0 Å². The highest BCUT2D eigenvalue weighted by Crippen LogP contribution is 2.17. The molecule has 0 bridgehead atoms. The summed E-state index contributed by atoms with van der Waals surface area (Å²) in [5.41, 5.74) is 0.435. The van der Waals surface area contributed by atoms with E-state index in [1.807, 2.05) is 6.92 Å². The third-order valence-corrected chi connectivity index (χ3v) is 2.58. The molecular weight excluding hydrogens is 235 g/mol. The molecule has 0 aliphatic carbocycles. The van der Waals surface area contributed by atoms with Crippen LogP contribution in [0, 0.1) is 5.82 Å². The van der Waals surface area contributed by atoms with Crippen LogP contribution in [0.1, 0.15) is 25.8 Å². The number of phenolic OH excluding ortho intramolecular Hbond substituents is 1. The Kier molecular flexibility index (Phi) is 5.58. The van der Waals surface area contributed by atoms with Crippen molar-refractivity contribution in [3.8, 4) is 5.75 Å². The van der Waals surface area contributed by atoms with Gasteiger partial charge in [0.15, 0.2) is 0 Å². The van der Waals surface area contributed by atoms with Crippen LogP contribution >= 0.6 is 0 Å². The average Bonchev–Trinajstić information content (AvgIpc) is 2.36. The van der Waals surface area contributed by atoms with Crippen molar-refractivity contribution in [1.82, 2.24) is 10.6 Å². The minimum atomic E-state index is -0.410. The molecule has 100 valence electrons.